The van der Waals surface area contributed by atoms with Crippen molar-refractivity contribution in [2.75, 3.05) is 12.4 Å². The van der Waals surface area contributed by atoms with E-state index in [0.29, 0.717) is 12.1 Å². The second kappa shape index (κ2) is 6.75. The fraction of sp³-hybridized carbons (Fsp3) is 0.235. The molecule has 0 bridgehead atoms. The second-order valence-electron chi connectivity index (χ2n) is 5.03. The molecule has 0 saturated heterocycles. The molecule has 0 amide bonds. The van der Waals surface area contributed by atoms with Crippen molar-refractivity contribution in [2.24, 2.45) is 0 Å². The molecule has 118 valence electrons. The van der Waals surface area contributed by atoms with Crippen LogP contribution in [0.25, 0.3) is 10.2 Å². The maximum absolute atomic E-state index is 11.6. The molecule has 0 aliphatic rings. The van der Waals surface area contributed by atoms with Gasteiger partial charge in [0, 0.05) is 13.0 Å². The van der Waals surface area contributed by atoms with Gasteiger partial charge in [-0.3, -0.25) is 0 Å². The number of rotatable bonds is 5. The minimum absolute atomic E-state index is 0.331. The number of carbonyl (C=O) groups excluding carboxylic acids is 1. The van der Waals surface area contributed by atoms with Crippen molar-refractivity contribution in [3.05, 3.63) is 52.7 Å². The van der Waals surface area contributed by atoms with Gasteiger partial charge in [-0.1, -0.05) is 19.1 Å². The molecule has 3 rings (SSSR count). The lowest BCUT2D eigenvalue weighted by molar-refractivity contribution is 0.0600. The van der Waals surface area contributed by atoms with E-state index in [1.165, 1.54) is 7.11 Å². The first-order valence-corrected chi connectivity index (χ1v) is 8.24. The number of nitrogens with one attached hydrogen (secondary N) is 1. The van der Waals surface area contributed by atoms with Crippen molar-refractivity contribution in [1.29, 1.82) is 0 Å². The van der Waals surface area contributed by atoms with Crippen molar-refractivity contribution in [2.45, 2.75) is 19.9 Å². The Hall–Kier alpha value is -2.47. The molecule has 0 atom stereocenters. The fourth-order valence-electron chi connectivity index (χ4n) is 2.30. The minimum Gasteiger partial charge on any atom is -0.465 e. The van der Waals surface area contributed by atoms with Crippen LogP contribution in [0.2, 0.25) is 0 Å². The fourth-order valence-corrected chi connectivity index (χ4v) is 3.09. The number of hydrogen-bond donors (Lipinski definition) is 1. The van der Waals surface area contributed by atoms with Crippen LogP contribution in [0.1, 0.15) is 28.7 Å². The van der Waals surface area contributed by atoms with E-state index >= 15 is 0 Å². The number of hydrogen-bond acceptors (Lipinski definition) is 6. The lowest BCUT2D eigenvalue weighted by Crippen LogP contribution is -2.06. The van der Waals surface area contributed by atoms with Gasteiger partial charge in [0.15, 0.2) is 0 Å². The quantitative estimate of drug-likeness (QED) is 0.725. The van der Waals surface area contributed by atoms with Crippen LogP contribution in [0.3, 0.4) is 0 Å². The van der Waals surface area contributed by atoms with Crippen molar-refractivity contribution in [3.8, 4) is 0 Å². The summed E-state index contributed by atoms with van der Waals surface area (Å²) >= 11 is 1.61. The first-order chi connectivity index (χ1) is 11.2. The van der Waals surface area contributed by atoms with Gasteiger partial charge in [0.1, 0.15) is 16.5 Å². The maximum atomic E-state index is 11.6. The Morgan fingerprint density at radius 1 is 1.30 bits per heavy atom. The van der Waals surface area contributed by atoms with Crippen LogP contribution in [0.4, 0.5) is 5.82 Å². The number of nitrogens with zero attached hydrogens (tertiary/aromatic N) is 2. The molecule has 0 fully saturated rings. The summed E-state index contributed by atoms with van der Waals surface area (Å²) in [7, 11) is 1.38. The first-order valence-electron chi connectivity index (χ1n) is 7.36. The van der Waals surface area contributed by atoms with Gasteiger partial charge in [0.05, 0.1) is 18.1 Å². The van der Waals surface area contributed by atoms with Crippen LogP contribution in [0.5, 0.6) is 0 Å². The topological polar surface area (TPSA) is 64.1 Å². The minimum atomic E-state index is -0.331. The molecule has 0 saturated carbocycles. The Kier molecular flexibility index (Phi) is 4.52. The standard InChI is InChI=1S/C17H17N3O2S/c1-3-14-19-15(13-7-8-23-16(13)20-14)18-10-11-5-4-6-12(9-11)17(21)22-2/h4-9H,3,10H2,1-2H3,(H,18,19,20). The second-order valence-corrected chi connectivity index (χ2v) is 5.92. The predicted molar refractivity (Wildman–Crippen MR) is 91.9 cm³/mol. The van der Waals surface area contributed by atoms with Gasteiger partial charge in [-0.25, -0.2) is 14.8 Å². The summed E-state index contributed by atoms with van der Waals surface area (Å²) in [6, 6.07) is 9.40. The summed E-state index contributed by atoms with van der Waals surface area (Å²) in [5, 5.41) is 6.39. The summed E-state index contributed by atoms with van der Waals surface area (Å²) in [4.78, 5) is 21.7. The monoisotopic (exact) mass is 327 g/mol. The molecule has 2 heterocycles. The van der Waals surface area contributed by atoms with Gasteiger partial charge in [-0.05, 0) is 29.1 Å². The number of aromatic nitrogens is 2. The van der Waals surface area contributed by atoms with E-state index in [0.717, 1.165) is 33.8 Å². The van der Waals surface area contributed by atoms with E-state index in [1.807, 2.05) is 36.6 Å². The molecule has 1 N–H and O–H groups in total. The number of carbonyl (C=O) groups is 1. The predicted octanol–water partition coefficient (Wildman–Crippen LogP) is 3.65. The van der Waals surface area contributed by atoms with E-state index in [1.54, 1.807) is 17.4 Å². The zero-order chi connectivity index (χ0) is 16.2. The number of anilines is 1. The smallest absolute Gasteiger partial charge is 0.337 e. The summed E-state index contributed by atoms with van der Waals surface area (Å²) in [5.74, 6) is 1.32. The van der Waals surface area contributed by atoms with Crippen LogP contribution >= 0.6 is 11.3 Å². The van der Waals surface area contributed by atoms with E-state index in [-0.39, 0.29) is 5.97 Å². The Morgan fingerprint density at radius 3 is 2.96 bits per heavy atom. The summed E-state index contributed by atoms with van der Waals surface area (Å²) in [6.07, 6.45) is 0.792. The third-order valence-electron chi connectivity index (χ3n) is 3.50. The van der Waals surface area contributed by atoms with Crippen molar-refractivity contribution >= 4 is 33.3 Å². The highest BCUT2D eigenvalue weighted by atomic mass is 32.1. The van der Waals surface area contributed by atoms with Crippen LogP contribution in [0.15, 0.2) is 35.7 Å². The Labute approximate surface area is 138 Å². The highest BCUT2D eigenvalue weighted by Gasteiger charge is 2.09. The number of ether oxygens (including phenoxy) is 1. The molecule has 0 unspecified atom stereocenters. The average Bonchev–Trinajstić information content (AvgIpc) is 3.07. The average molecular weight is 327 g/mol. The van der Waals surface area contributed by atoms with E-state index in [4.69, 9.17) is 4.74 Å². The maximum Gasteiger partial charge on any atom is 0.337 e. The molecule has 0 aliphatic heterocycles. The molecule has 0 radical (unpaired) electrons. The number of benzene rings is 1. The molecular weight excluding hydrogens is 310 g/mol. The van der Waals surface area contributed by atoms with Crippen LogP contribution in [0, 0.1) is 0 Å². The molecule has 0 spiro atoms. The number of esters is 1. The molecule has 6 heteroatoms. The molecule has 2 aromatic heterocycles. The molecule has 1 aromatic carbocycles. The normalized spacial score (nSPS) is 10.7. The van der Waals surface area contributed by atoms with Gasteiger partial charge >= 0.3 is 5.97 Å². The van der Waals surface area contributed by atoms with Crippen LogP contribution in [-0.2, 0) is 17.7 Å². The van der Waals surface area contributed by atoms with Gasteiger partial charge in [0.25, 0.3) is 0 Å². The van der Waals surface area contributed by atoms with Crippen LogP contribution in [-0.4, -0.2) is 23.0 Å². The Morgan fingerprint density at radius 2 is 2.17 bits per heavy atom. The lowest BCUT2D eigenvalue weighted by atomic mass is 10.1. The zero-order valence-electron chi connectivity index (χ0n) is 13.0. The molecule has 5 nitrogen and oxygen atoms in total. The third-order valence-corrected chi connectivity index (χ3v) is 4.30. The lowest BCUT2D eigenvalue weighted by Gasteiger charge is -2.09. The van der Waals surface area contributed by atoms with Crippen molar-refractivity contribution < 1.29 is 9.53 Å². The van der Waals surface area contributed by atoms with Crippen molar-refractivity contribution in [1.82, 2.24) is 9.97 Å². The van der Waals surface area contributed by atoms with Gasteiger partial charge in [-0.2, -0.15) is 0 Å². The Balaban J connectivity index is 1.83. The number of methoxy groups -OCH3 is 1. The van der Waals surface area contributed by atoms with Crippen molar-refractivity contribution in [3.63, 3.8) is 0 Å². The largest absolute Gasteiger partial charge is 0.465 e. The van der Waals surface area contributed by atoms with E-state index in [2.05, 4.69) is 15.3 Å². The third kappa shape index (κ3) is 3.32. The summed E-state index contributed by atoms with van der Waals surface area (Å²) in [5.41, 5.74) is 1.54. The molecule has 3 aromatic rings. The number of thiophene rings is 1. The van der Waals surface area contributed by atoms with Gasteiger partial charge in [-0.15, -0.1) is 11.3 Å². The highest BCUT2D eigenvalue weighted by Crippen LogP contribution is 2.25. The van der Waals surface area contributed by atoms with Gasteiger partial charge in [0.2, 0.25) is 0 Å². The SMILES string of the molecule is CCc1nc(NCc2cccc(C(=O)OC)c2)c2ccsc2n1. The Bertz CT molecular complexity index is 845. The summed E-state index contributed by atoms with van der Waals surface area (Å²) < 4.78 is 4.75. The summed E-state index contributed by atoms with van der Waals surface area (Å²) in [6.45, 7) is 2.62. The molecule has 23 heavy (non-hydrogen) atoms. The first kappa shape index (κ1) is 15.4. The molecule has 0 aliphatic carbocycles. The highest BCUT2D eigenvalue weighted by molar-refractivity contribution is 7.16. The van der Waals surface area contributed by atoms with Crippen LogP contribution < -0.4 is 5.32 Å². The van der Waals surface area contributed by atoms with E-state index in [9.17, 15) is 4.79 Å². The van der Waals surface area contributed by atoms with E-state index < -0.39 is 0 Å². The number of aryl methyl sites for hydroxylation is 1. The number of fused-ring (bicyclic) bond motifs is 1. The zero-order valence-corrected chi connectivity index (χ0v) is 13.8. The van der Waals surface area contributed by atoms with Gasteiger partial charge < -0.3 is 10.1 Å². The molecular formula is C17H17N3O2S.